The van der Waals surface area contributed by atoms with Gasteiger partial charge in [-0.05, 0) is 19.8 Å². The summed E-state index contributed by atoms with van der Waals surface area (Å²) in [7, 11) is 0. The summed E-state index contributed by atoms with van der Waals surface area (Å²) in [5.74, 6) is 0.648. The molecule has 0 saturated heterocycles. The van der Waals surface area contributed by atoms with Crippen LogP contribution in [0.25, 0.3) is 11.0 Å². The van der Waals surface area contributed by atoms with Crippen molar-refractivity contribution in [3.63, 3.8) is 0 Å². The fourth-order valence-corrected chi connectivity index (χ4v) is 2.67. The second-order valence-corrected chi connectivity index (χ2v) is 5.19. The number of H-pyrrole nitrogens is 1. The number of aryl methyl sites for hydroxylation is 2. The predicted molar refractivity (Wildman–Crippen MR) is 75.3 cm³/mol. The zero-order valence-corrected chi connectivity index (χ0v) is 11.4. The van der Waals surface area contributed by atoms with Crippen LogP contribution < -0.4 is 5.32 Å². The summed E-state index contributed by atoms with van der Waals surface area (Å²) in [6.07, 6.45) is 5.52. The number of aromatic nitrogens is 5. The van der Waals surface area contributed by atoms with Gasteiger partial charge in [-0.15, -0.1) is 11.3 Å². The van der Waals surface area contributed by atoms with E-state index in [2.05, 4.69) is 37.4 Å². The van der Waals surface area contributed by atoms with Gasteiger partial charge in [0.15, 0.2) is 0 Å². The highest BCUT2D eigenvalue weighted by atomic mass is 32.1. The number of fused-ring (bicyclic) bond motifs is 1. The van der Waals surface area contributed by atoms with Crippen molar-refractivity contribution in [3.8, 4) is 0 Å². The number of aromatic amines is 1. The summed E-state index contributed by atoms with van der Waals surface area (Å²) in [4.78, 5) is 14.2. The normalized spacial score (nSPS) is 11.0. The van der Waals surface area contributed by atoms with E-state index in [1.165, 1.54) is 4.88 Å². The summed E-state index contributed by atoms with van der Waals surface area (Å²) in [5, 5.41) is 9.98. The molecule has 0 spiro atoms. The summed E-state index contributed by atoms with van der Waals surface area (Å²) in [6, 6.07) is 0. The molecule has 0 saturated carbocycles. The van der Waals surface area contributed by atoms with E-state index in [0.29, 0.717) is 5.95 Å². The number of nitrogens with zero attached hydrogens (tertiary/aromatic N) is 4. The number of rotatable bonds is 5. The molecular formula is C12H14N6S. The van der Waals surface area contributed by atoms with Gasteiger partial charge >= 0.3 is 0 Å². The molecule has 3 rings (SSSR count). The van der Waals surface area contributed by atoms with E-state index in [4.69, 9.17) is 0 Å². The van der Waals surface area contributed by atoms with Crippen LogP contribution in [-0.4, -0.2) is 31.7 Å². The Balaban J connectivity index is 1.53. The predicted octanol–water partition coefficient (Wildman–Crippen LogP) is 2.16. The van der Waals surface area contributed by atoms with Gasteiger partial charge in [0.1, 0.15) is 11.0 Å². The third-order valence-electron chi connectivity index (χ3n) is 2.90. The number of anilines is 1. The number of hydrogen-bond acceptors (Lipinski definition) is 6. The van der Waals surface area contributed by atoms with E-state index in [-0.39, 0.29) is 0 Å². The van der Waals surface area contributed by atoms with Crippen molar-refractivity contribution in [2.45, 2.75) is 19.8 Å². The lowest BCUT2D eigenvalue weighted by atomic mass is 10.2. The summed E-state index contributed by atoms with van der Waals surface area (Å²) in [5.41, 5.74) is 4.72. The van der Waals surface area contributed by atoms with Crippen molar-refractivity contribution < 1.29 is 0 Å². The fourth-order valence-electron chi connectivity index (χ4n) is 1.84. The Kier molecular flexibility index (Phi) is 3.37. The van der Waals surface area contributed by atoms with Crippen molar-refractivity contribution >= 4 is 28.3 Å². The molecule has 7 heteroatoms. The highest BCUT2D eigenvalue weighted by Gasteiger charge is 2.02. The molecule has 19 heavy (non-hydrogen) atoms. The molecule has 0 radical (unpaired) electrons. The molecular weight excluding hydrogens is 260 g/mol. The number of nitrogens with one attached hydrogen (secondary N) is 2. The Bertz CT molecular complexity index is 673. The summed E-state index contributed by atoms with van der Waals surface area (Å²) in [6.45, 7) is 2.90. The zero-order chi connectivity index (χ0) is 13.1. The van der Waals surface area contributed by atoms with Gasteiger partial charge in [0.2, 0.25) is 5.95 Å². The van der Waals surface area contributed by atoms with Crippen LogP contribution in [-0.2, 0) is 6.42 Å². The van der Waals surface area contributed by atoms with Crippen LogP contribution in [0.1, 0.15) is 17.0 Å². The van der Waals surface area contributed by atoms with Crippen molar-refractivity contribution in [3.05, 3.63) is 28.5 Å². The minimum Gasteiger partial charge on any atom is -0.354 e. The lowest BCUT2D eigenvalue weighted by Gasteiger charge is -2.03. The average molecular weight is 274 g/mol. The maximum absolute atomic E-state index is 4.36. The second-order valence-electron chi connectivity index (χ2n) is 4.25. The maximum Gasteiger partial charge on any atom is 0.223 e. The fraction of sp³-hybridized carbons (Fsp3) is 0.333. The summed E-state index contributed by atoms with van der Waals surface area (Å²) >= 11 is 1.72. The average Bonchev–Trinajstić information content (AvgIpc) is 3.03. The Morgan fingerprint density at radius 2 is 2.26 bits per heavy atom. The minimum atomic E-state index is 0.648. The standard InChI is InChI=1S/C12H14N6S/c1-8-11(19-7-15-8)3-2-4-13-12-14-5-10-9(17-12)6-16-18-10/h5-7H,2-4H2,1H3,(H,16,18)(H,13,14,17). The first kappa shape index (κ1) is 12.0. The maximum atomic E-state index is 4.36. The molecule has 0 amide bonds. The molecule has 0 aliphatic rings. The Hall–Kier alpha value is -2.02. The molecule has 0 fully saturated rings. The zero-order valence-electron chi connectivity index (χ0n) is 10.6. The smallest absolute Gasteiger partial charge is 0.223 e. The first-order valence-corrected chi connectivity index (χ1v) is 7.00. The van der Waals surface area contributed by atoms with Crippen molar-refractivity contribution in [1.29, 1.82) is 0 Å². The van der Waals surface area contributed by atoms with E-state index in [0.717, 1.165) is 36.1 Å². The molecule has 98 valence electrons. The molecule has 0 aliphatic heterocycles. The van der Waals surface area contributed by atoms with Crippen LogP contribution in [0, 0.1) is 6.92 Å². The third-order valence-corrected chi connectivity index (χ3v) is 3.89. The van der Waals surface area contributed by atoms with E-state index in [9.17, 15) is 0 Å². The molecule has 3 heterocycles. The molecule has 0 bridgehead atoms. The van der Waals surface area contributed by atoms with Gasteiger partial charge in [-0.1, -0.05) is 0 Å². The van der Waals surface area contributed by atoms with Crippen LogP contribution in [0.4, 0.5) is 5.95 Å². The second kappa shape index (κ2) is 5.31. The molecule has 0 atom stereocenters. The minimum absolute atomic E-state index is 0.648. The Morgan fingerprint density at radius 3 is 3.11 bits per heavy atom. The molecule has 0 aliphatic carbocycles. The van der Waals surface area contributed by atoms with E-state index in [1.54, 1.807) is 23.7 Å². The van der Waals surface area contributed by atoms with Crippen LogP contribution >= 0.6 is 11.3 Å². The van der Waals surface area contributed by atoms with Gasteiger partial charge in [-0.2, -0.15) is 5.10 Å². The number of thiazole rings is 1. The van der Waals surface area contributed by atoms with Crippen LogP contribution in [0.2, 0.25) is 0 Å². The monoisotopic (exact) mass is 274 g/mol. The van der Waals surface area contributed by atoms with Crippen LogP contribution in [0.3, 0.4) is 0 Å². The highest BCUT2D eigenvalue weighted by Crippen LogP contribution is 2.14. The topological polar surface area (TPSA) is 79.4 Å². The molecule has 2 N–H and O–H groups in total. The van der Waals surface area contributed by atoms with Crippen molar-refractivity contribution in [2.24, 2.45) is 0 Å². The van der Waals surface area contributed by atoms with Crippen LogP contribution in [0.5, 0.6) is 0 Å². The van der Waals surface area contributed by atoms with E-state index in [1.807, 2.05) is 5.51 Å². The van der Waals surface area contributed by atoms with Gasteiger partial charge < -0.3 is 5.32 Å². The van der Waals surface area contributed by atoms with Gasteiger partial charge in [0.05, 0.1) is 23.6 Å². The largest absolute Gasteiger partial charge is 0.354 e. The first-order valence-electron chi connectivity index (χ1n) is 6.12. The molecule has 0 aromatic carbocycles. The van der Waals surface area contributed by atoms with Crippen LogP contribution in [0.15, 0.2) is 17.9 Å². The van der Waals surface area contributed by atoms with Gasteiger partial charge in [0, 0.05) is 11.4 Å². The third kappa shape index (κ3) is 2.70. The lowest BCUT2D eigenvalue weighted by Crippen LogP contribution is -2.06. The molecule has 3 aromatic rings. The van der Waals surface area contributed by atoms with Gasteiger partial charge in [-0.25, -0.2) is 15.0 Å². The van der Waals surface area contributed by atoms with Gasteiger partial charge in [-0.3, -0.25) is 5.10 Å². The van der Waals surface area contributed by atoms with E-state index >= 15 is 0 Å². The van der Waals surface area contributed by atoms with Crippen molar-refractivity contribution in [2.75, 3.05) is 11.9 Å². The first-order chi connectivity index (χ1) is 9.33. The lowest BCUT2D eigenvalue weighted by molar-refractivity contribution is 0.858. The SMILES string of the molecule is Cc1ncsc1CCCNc1ncc2[nH]ncc2n1. The quantitative estimate of drug-likeness (QED) is 0.697. The highest BCUT2D eigenvalue weighted by molar-refractivity contribution is 7.09. The molecule has 3 aromatic heterocycles. The molecule has 6 nitrogen and oxygen atoms in total. The molecule has 0 unspecified atom stereocenters. The Labute approximate surface area is 114 Å². The summed E-state index contributed by atoms with van der Waals surface area (Å²) < 4.78 is 0. The Morgan fingerprint density at radius 1 is 1.32 bits per heavy atom. The van der Waals surface area contributed by atoms with Gasteiger partial charge in [0.25, 0.3) is 0 Å². The number of hydrogen-bond donors (Lipinski definition) is 2. The van der Waals surface area contributed by atoms with Crippen molar-refractivity contribution in [1.82, 2.24) is 25.1 Å². The van der Waals surface area contributed by atoms with E-state index < -0.39 is 0 Å².